The molecule has 0 amide bonds. The molecule has 0 aliphatic heterocycles. The van der Waals surface area contributed by atoms with Gasteiger partial charge in [-0.15, -0.1) is 0 Å². The smallest absolute Gasteiger partial charge is 0.0943 e. The number of hydrogen-bond donors (Lipinski definition) is 2. The highest BCUT2D eigenvalue weighted by Crippen LogP contribution is 2.21. The van der Waals surface area contributed by atoms with Gasteiger partial charge in [-0.2, -0.15) is 0 Å². The molecule has 1 aromatic carbocycles. The predicted molar refractivity (Wildman–Crippen MR) is 61.9 cm³/mol. The van der Waals surface area contributed by atoms with Crippen molar-refractivity contribution in [2.75, 3.05) is 0 Å². The van der Waals surface area contributed by atoms with E-state index in [0.717, 1.165) is 10.0 Å². The molecule has 0 unspecified atom stereocenters. The van der Waals surface area contributed by atoms with Gasteiger partial charge in [-0.25, -0.2) is 0 Å². The Labute approximate surface area is 93.3 Å². The monoisotopic (exact) mass is 257 g/mol. The number of rotatable bonds is 3. The second-order valence-corrected chi connectivity index (χ2v) is 4.73. The summed E-state index contributed by atoms with van der Waals surface area (Å²) in [7, 11) is 0. The number of benzene rings is 1. The van der Waals surface area contributed by atoms with Crippen LogP contribution >= 0.6 is 15.9 Å². The molecule has 0 saturated carbocycles. The third-order valence-electron chi connectivity index (χ3n) is 2.35. The zero-order chi connectivity index (χ0) is 10.7. The first-order chi connectivity index (χ1) is 6.52. The number of aliphatic hydroxyl groups excluding tert-OH is 1. The third-order valence-corrected chi connectivity index (χ3v) is 2.87. The van der Waals surface area contributed by atoms with Crippen LogP contribution in [0.2, 0.25) is 0 Å². The minimum Gasteiger partial charge on any atom is -0.387 e. The predicted octanol–water partition coefficient (Wildman–Crippen LogP) is 2.47. The topological polar surface area (TPSA) is 46.2 Å². The van der Waals surface area contributed by atoms with E-state index in [2.05, 4.69) is 15.9 Å². The molecule has 0 fully saturated rings. The van der Waals surface area contributed by atoms with Crippen LogP contribution in [0.1, 0.15) is 25.5 Å². The first-order valence-corrected chi connectivity index (χ1v) is 5.50. The summed E-state index contributed by atoms with van der Waals surface area (Å²) in [5.41, 5.74) is 6.74. The van der Waals surface area contributed by atoms with Crippen LogP contribution in [-0.2, 0) is 0 Å². The van der Waals surface area contributed by atoms with Gasteiger partial charge in [-0.05, 0) is 23.6 Å². The summed E-state index contributed by atoms with van der Waals surface area (Å²) < 4.78 is 1.01. The van der Waals surface area contributed by atoms with E-state index in [1.165, 1.54) is 0 Å². The highest BCUT2D eigenvalue weighted by molar-refractivity contribution is 9.10. The zero-order valence-corrected chi connectivity index (χ0v) is 10.0. The Bertz CT molecular complexity index is 284. The highest BCUT2D eigenvalue weighted by Gasteiger charge is 2.19. The standard InChI is InChI=1S/C11H16BrNO/c1-7(2)10(13)11(14)8-3-5-9(12)6-4-8/h3-7,10-11,14H,13H2,1-2H3/t10-,11-/m0/s1. The van der Waals surface area contributed by atoms with Crippen LogP contribution in [0.5, 0.6) is 0 Å². The van der Waals surface area contributed by atoms with Gasteiger partial charge in [0.1, 0.15) is 0 Å². The van der Waals surface area contributed by atoms with Crippen molar-refractivity contribution >= 4 is 15.9 Å². The molecule has 0 aliphatic rings. The molecule has 78 valence electrons. The van der Waals surface area contributed by atoms with Crippen molar-refractivity contribution in [3.63, 3.8) is 0 Å². The van der Waals surface area contributed by atoms with Gasteiger partial charge < -0.3 is 10.8 Å². The van der Waals surface area contributed by atoms with Gasteiger partial charge in [-0.3, -0.25) is 0 Å². The second kappa shape index (κ2) is 4.91. The van der Waals surface area contributed by atoms with Crippen LogP contribution in [-0.4, -0.2) is 11.1 Å². The van der Waals surface area contributed by atoms with Crippen LogP contribution < -0.4 is 5.73 Å². The van der Waals surface area contributed by atoms with Crippen molar-refractivity contribution in [1.29, 1.82) is 0 Å². The third kappa shape index (κ3) is 2.80. The maximum Gasteiger partial charge on any atom is 0.0943 e. The number of nitrogens with two attached hydrogens (primary N) is 1. The number of halogens is 1. The molecule has 0 aliphatic carbocycles. The number of aliphatic hydroxyl groups is 1. The Balaban J connectivity index is 2.78. The Hall–Kier alpha value is -0.380. The van der Waals surface area contributed by atoms with Crippen LogP contribution in [0.3, 0.4) is 0 Å². The van der Waals surface area contributed by atoms with Crippen LogP contribution in [0.15, 0.2) is 28.7 Å². The van der Waals surface area contributed by atoms with Crippen LogP contribution in [0, 0.1) is 5.92 Å². The maximum atomic E-state index is 9.91. The molecule has 3 heteroatoms. The molecule has 0 saturated heterocycles. The fourth-order valence-corrected chi connectivity index (χ4v) is 1.51. The molecular formula is C11H16BrNO. The second-order valence-electron chi connectivity index (χ2n) is 3.82. The van der Waals surface area contributed by atoms with Gasteiger partial charge in [0, 0.05) is 10.5 Å². The Morgan fingerprint density at radius 1 is 1.21 bits per heavy atom. The summed E-state index contributed by atoms with van der Waals surface area (Å²) in [6.07, 6.45) is -0.580. The van der Waals surface area contributed by atoms with Crippen molar-refractivity contribution < 1.29 is 5.11 Å². The quantitative estimate of drug-likeness (QED) is 0.874. The van der Waals surface area contributed by atoms with Gasteiger partial charge in [0.15, 0.2) is 0 Å². The molecule has 2 nitrogen and oxygen atoms in total. The molecule has 2 atom stereocenters. The molecule has 0 bridgehead atoms. The average Bonchev–Trinajstić information content (AvgIpc) is 2.16. The van der Waals surface area contributed by atoms with Gasteiger partial charge in [0.05, 0.1) is 6.10 Å². The largest absolute Gasteiger partial charge is 0.387 e. The summed E-state index contributed by atoms with van der Waals surface area (Å²) in [4.78, 5) is 0. The average molecular weight is 258 g/mol. The summed E-state index contributed by atoms with van der Waals surface area (Å²) in [5, 5.41) is 9.91. The Morgan fingerprint density at radius 2 is 1.71 bits per heavy atom. The van der Waals surface area contributed by atoms with Crippen LogP contribution in [0.4, 0.5) is 0 Å². The fourth-order valence-electron chi connectivity index (χ4n) is 1.25. The summed E-state index contributed by atoms with van der Waals surface area (Å²) in [5.74, 6) is 0.272. The molecule has 1 aromatic rings. The van der Waals surface area contributed by atoms with Crippen molar-refractivity contribution in [3.8, 4) is 0 Å². The van der Waals surface area contributed by atoms with Gasteiger partial charge in [-0.1, -0.05) is 41.9 Å². The van der Waals surface area contributed by atoms with Gasteiger partial charge in [0.25, 0.3) is 0 Å². The fraction of sp³-hybridized carbons (Fsp3) is 0.455. The minimum absolute atomic E-state index is 0.212. The van der Waals surface area contributed by atoms with Crippen molar-refractivity contribution in [2.24, 2.45) is 11.7 Å². The van der Waals surface area contributed by atoms with Crippen molar-refractivity contribution in [1.82, 2.24) is 0 Å². The molecule has 0 heterocycles. The minimum atomic E-state index is -0.580. The number of hydrogen-bond acceptors (Lipinski definition) is 2. The molecule has 14 heavy (non-hydrogen) atoms. The van der Waals surface area contributed by atoms with E-state index in [0.29, 0.717) is 0 Å². The van der Waals surface area contributed by atoms with E-state index in [9.17, 15) is 5.11 Å². The van der Waals surface area contributed by atoms with Crippen molar-refractivity contribution in [2.45, 2.75) is 26.0 Å². The first kappa shape index (κ1) is 11.7. The summed E-state index contributed by atoms with van der Waals surface area (Å²) in [6.45, 7) is 4.01. The van der Waals surface area contributed by atoms with E-state index in [1.54, 1.807) is 0 Å². The maximum absolute atomic E-state index is 9.91. The normalized spacial score (nSPS) is 15.6. The summed E-state index contributed by atoms with van der Waals surface area (Å²) in [6, 6.07) is 7.38. The SMILES string of the molecule is CC(C)[C@H](N)[C@@H](O)c1ccc(Br)cc1. The first-order valence-electron chi connectivity index (χ1n) is 4.71. The lowest BCUT2D eigenvalue weighted by Gasteiger charge is -2.22. The lowest BCUT2D eigenvalue weighted by Crippen LogP contribution is -2.33. The molecule has 0 aromatic heterocycles. The molecule has 3 N–H and O–H groups in total. The lowest BCUT2D eigenvalue weighted by molar-refractivity contribution is 0.126. The highest BCUT2D eigenvalue weighted by atomic mass is 79.9. The Morgan fingerprint density at radius 3 is 2.14 bits per heavy atom. The van der Waals surface area contributed by atoms with Crippen molar-refractivity contribution in [3.05, 3.63) is 34.3 Å². The molecule has 0 spiro atoms. The molecular weight excluding hydrogens is 242 g/mol. The van der Waals surface area contributed by atoms with Crippen LogP contribution in [0.25, 0.3) is 0 Å². The lowest BCUT2D eigenvalue weighted by atomic mass is 9.94. The summed E-state index contributed by atoms with van der Waals surface area (Å²) >= 11 is 3.35. The van der Waals surface area contributed by atoms with E-state index in [4.69, 9.17) is 5.73 Å². The van der Waals surface area contributed by atoms with Gasteiger partial charge in [0.2, 0.25) is 0 Å². The van der Waals surface area contributed by atoms with E-state index < -0.39 is 6.10 Å². The van der Waals surface area contributed by atoms with E-state index in [-0.39, 0.29) is 12.0 Å². The zero-order valence-electron chi connectivity index (χ0n) is 8.44. The van der Waals surface area contributed by atoms with E-state index in [1.807, 2.05) is 38.1 Å². The van der Waals surface area contributed by atoms with Gasteiger partial charge >= 0.3 is 0 Å². The molecule has 1 rings (SSSR count). The Kier molecular flexibility index (Phi) is 4.11. The molecule has 0 radical (unpaired) electrons. The van der Waals surface area contributed by atoms with E-state index >= 15 is 0 Å².